The van der Waals surface area contributed by atoms with E-state index in [2.05, 4.69) is 33.9 Å². The van der Waals surface area contributed by atoms with Gasteiger partial charge in [0.15, 0.2) is 14.1 Å². The monoisotopic (exact) mass is 300 g/mol. The molecule has 0 bridgehead atoms. The van der Waals surface area contributed by atoms with Crippen molar-refractivity contribution in [1.29, 1.82) is 0 Å². The average Bonchev–Trinajstić information content (AvgIpc) is 2.71. The van der Waals surface area contributed by atoms with E-state index < -0.39 is 14.1 Å². The number of hydrogen-bond donors (Lipinski definition) is 1. The predicted octanol–water partition coefficient (Wildman–Crippen LogP) is 2.83. The van der Waals surface area contributed by atoms with Gasteiger partial charge >= 0.3 is 0 Å². The van der Waals surface area contributed by atoms with Gasteiger partial charge in [0, 0.05) is 0 Å². The Morgan fingerprint density at radius 1 is 1.30 bits per heavy atom. The number of aliphatic hydroxyl groups excluding tert-OH is 1. The predicted molar refractivity (Wildman–Crippen MR) is 81.1 cm³/mol. The van der Waals surface area contributed by atoms with E-state index in [-0.39, 0.29) is 30.0 Å². The molecule has 1 saturated heterocycles. The van der Waals surface area contributed by atoms with Crippen LogP contribution in [0.4, 0.5) is 0 Å². The van der Waals surface area contributed by atoms with Gasteiger partial charge in [0.1, 0.15) is 12.2 Å². The van der Waals surface area contributed by atoms with Crippen LogP contribution in [-0.2, 0) is 13.9 Å². The molecule has 1 N–H and O–H groups in total. The zero-order chi connectivity index (χ0) is 15.3. The van der Waals surface area contributed by atoms with E-state index in [9.17, 15) is 5.11 Å². The van der Waals surface area contributed by atoms with Gasteiger partial charge < -0.3 is 19.0 Å². The van der Waals surface area contributed by atoms with Gasteiger partial charge in [-0.1, -0.05) is 26.8 Å². The van der Waals surface area contributed by atoms with Gasteiger partial charge in [-0.15, -0.1) is 0 Å². The van der Waals surface area contributed by atoms with Crippen molar-refractivity contribution < 1.29 is 19.0 Å². The Hall–Kier alpha value is -0.203. The van der Waals surface area contributed by atoms with E-state index in [0.29, 0.717) is 0 Å². The van der Waals surface area contributed by atoms with Crippen LogP contribution in [0.3, 0.4) is 0 Å². The van der Waals surface area contributed by atoms with Crippen LogP contribution in [-0.4, -0.2) is 44.1 Å². The van der Waals surface area contributed by atoms with Crippen molar-refractivity contribution in [2.75, 3.05) is 6.61 Å². The number of fused-ring (bicyclic) bond motifs is 1. The first kappa shape index (κ1) is 16.2. The van der Waals surface area contributed by atoms with E-state index in [1.165, 1.54) is 0 Å². The largest absolute Gasteiger partial charge is 0.408 e. The lowest BCUT2D eigenvalue weighted by molar-refractivity contribution is -0.152. The Kier molecular flexibility index (Phi) is 3.98. The zero-order valence-corrected chi connectivity index (χ0v) is 14.7. The molecular weight excluding hydrogens is 272 g/mol. The van der Waals surface area contributed by atoms with Crippen molar-refractivity contribution in [2.45, 2.75) is 76.8 Å². The molecule has 20 heavy (non-hydrogen) atoms. The summed E-state index contributed by atoms with van der Waals surface area (Å²) < 4.78 is 18.3. The highest BCUT2D eigenvalue weighted by molar-refractivity contribution is 6.74. The fourth-order valence-electron chi connectivity index (χ4n) is 2.48. The van der Waals surface area contributed by atoms with Gasteiger partial charge in [0.05, 0.1) is 12.7 Å². The fraction of sp³-hybridized carbons (Fsp3) is 0.867. The van der Waals surface area contributed by atoms with Crippen LogP contribution in [0, 0.1) is 0 Å². The number of aliphatic hydroxyl groups is 1. The quantitative estimate of drug-likeness (QED) is 0.643. The SMILES string of the molecule is CC1(C)O[C@@H]2[C@H](O1)C(CO)=C[C@H]2O[Si](C)(C)C(C)(C)C. The van der Waals surface area contributed by atoms with Crippen LogP contribution in [0.1, 0.15) is 34.6 Å². The summed E-state index contributed by atoms with van der Waals surface area (Å²) in [5.41, 5.74) is 0.879. The van der Waals surface area contributed by atoms with Crippen LogP contribution in [0.25, 0.3) is 0 Å². The lowest BCUT2D eigenvalue weighted by Gasteiger charge is -2.39. The van der Waals surface area contributed by atoms with Gasteiger partial charge in [-0.05, 0) is 37.6 Å². The van der Waals surface area contributed by atoms with Crippen molar-refractivity contribution in [3.05, 3.63) is 11.6 Å². The second-order valence-electron chi connectivity index (χ2n) is 7.76. The van der Waals surface area contributed by atoms with Crippen LogP contribution in [0.5, 0.6) is 0 Å². The maximum absolute atomic E-state index is 9.51. The number of hydrogen-bond acceptors (Lipinski definition) is 4. The molecule has 2 aliphatic rings. The highest BCUT2D eigenvalue weighted by Crippen LogP contribution is 2.43. The Balaban J connectivity index is 2.19. The molecule has 0 aromatic heterocycles. The van der Waals surface area contributed by atoms with Gasteiger partial charge in [-0.25, -0.2) is 0 Å². The number of rotatable bonds is 3. The second kappa shape index (κ2) is 4.92. The first-order valence-corrected chi connectivity index (χ1v) is 10.2. The van der Waals surface area contributed by atoms with E-state index in [1.807, 2.05) is 19.9 Å². The third-order valence-corrected chi connectivity index (χ3v) is 9.09. The summed E-state index contributed by atoms with van der Waals surface area (Å²) in [5, 5.41) is 9.66. The number of ether oxygens (including phenoxy) is 2. The molecule has 1 fully saturated rings. The molecule has 1 heterocycles. The summed E-state index contributed by atoms with van der Waals surface area (Å²) in [6, 6.07) is 0. The Morgan fingerprint density at radius 2 is 1.90 bits per heavy atom. The molecule has 5 heteroatoms. The smallest absolute Gasteiger partial charge is 0.193 e. The van der Waals surface area contributed by atoms with Gasteiger partial charge in [0.25, 0.3) is 0 Å². The third-order valence-electron chi connectivity index (χ3n) is 4.62. The standard InChI is InChI=1S/C15H28O4Si/c1-14(2,3)20(6,7)19-11-8-10(9-16)12-13(11)18-15(4,5)17-12/h8,11-13,16H,9H2,1-7H3/t11-,12-,13+/m1/s1. The molecule has 0 unspecified atom stereocenters. The van der Waals surface area contributed by atoms with Crippen molar-refractivity contribution >= 4 is 8.32 Å². The van der Waals surface area contributed by atoms with Crippen molar-refractivity contribution in [3.63, 3.8) is 0 Å². The molecule has 0 radical (unpaired) electrons. The van der Waals surface area contributed by atoms with Crippen molar-refractivity contribution in [2.24, 2.45) is 0 Å². The van der Waals surface area contributed by atoms with Crippen LogP contribution in [0.15, 0.2) is 11.6 Å². The van der Waals surface area contributed by atoms with E-state index in [1.54, 1.807) is 0 Å². The summed E-state index contributed by atoms with van der Waals surface area (Å²) in [5.74, 6) is -0.612. The third kappa shape index (κ3) is 2.87. The summed E-state index contributed by atoms with van der Waals surface area (Å²) in [6.45, 7) is 14.9. The second-order valence-corrected chi connectivity index (χ2v) is 12.5. The first-order chi connectivity index (χ1) is 8.97. The molecule has 2 rings (SSSR count). The Labute approximate surface area is 123 Å². The highest BCUT2D eigenvalue weighted by atomic mass is 28.4. The fourth-order valence-corrected chi connectivity index (χ4v) is 3.71. The molecule has 0 amide bonds. The minimum absolute atomic E-state index is 0.00202. The molecule has 4 nitrogen and oxygen atoms in total. The topological polar surface area (TPSA) is 47.9 Å². The van der Waals surface area contributed by atoms with Crippen molar-refractivity contribution in [1.82, 2.24) is 0 Å². The average molecular weight is 300 g/mol. The molecule has 0 aromatic carbocycles. The van der Waals surface area contributed by atoms with Crippen LogP contribution in [0.2, 0.25) is 18.1 Å². The Morgan fingerprint density at radius 3 is 2.40 bits per heavy atom. The molecule has 1 aliphatic carbocycles. The molecule has 0 spiro atoms. The maximum atomic E-state index is 9.51. The van der Waals surface area contributed by atoms with Crippen molar-refractivity contribution in [3.8, 4) is 0 Å². The van der Waals surface area contributed by atoms with Crippen LogP contribution >= 0.6 is 0 Å². The lowest BCUT2D eigenvalue weighted by Crippen LogP contribution is -2.47. The van der Waals surface area contributed by atoms with E-state index in [0.717, 1.165) is 5.57 Å². The minimum Gasteiger partial charge on any atom is -0.408 e. The summed E-state index contributed by atoms with van der Waals surface area (Å²) >= 11 is 0. The maximum Gasteiger partial charge on any atom is 0.193 e. The first-order valence-electron chi connectivity index (χ1n) is 7.32. The lowest BCUT2D eigenvalue weighted by atomic mass is 10.1. The van der Waals surface area contributed by atoms with Gasteiger partial charge in [-0.3, -0.25) is 0 Å². The summed E-state index contributed by atoms with van der Waals surface area (Å²) in [4.78, 5) is 0. The molecule has 116 valence electrons. The van der Waals surface area contributed by atoms with Crippen LogP contribution < -0.4 is 0 Å². The molecule has 3 atom stereocenters. The Bertz CT molecular complexity index is 409. The zero-order valence-electron chi connectivity index (χ0n) is 13.7. The van der Waals surface area contributed by atoms with Gasteiger partial charge in [-0.2, -0.15) is 0 Å². The molecular formula is C15H28O4Si. The summed E-state index contributed by atoms with van der Waals surface area (Å²) in [7, 11) is -1.88. The van der Waals surface area contributed by atoms with E-state index >= 15 is 0 Å². The minimum atomic E-state index is -1.88. The molecule has 0 aromatic rings. The normalized spacial score (nSPS) is 33.2. The summed E-state index contributed by atoms with van der Waals surface area (Å²) in [6.07, 6.45) is 1.56. The highest BCUT2D eigenvalue weighted by Gasteiger charge is 2.52. The van der Waals surface area contributed by atoms with Gasteiger partial charge in [0.2, 0.25) is 0 Å². The molecule has 1 aliphatic heterocycles. The van der Waals surface area contributed by atoms with E-state index in [4.69, 9.17) is 13.9 Å². The molecule has 0 saturated carbocycles.